The SMILES string of the molecule is CC(C)(C)NC(N)=NCCSc1ccc(Cl)cc1. The van der Waals surface area contributed by atoms with Crippen LogP contribution < -0.4 is 11.1 Å². The molecule has 3 nitrogen and oxygen atoms in total. The number of aliphatic imine (C=N–C) groups is 1. The molecule has 1 aromatic carbocycles. The van der Waals surface area contributed by atoms with Gasteiger partial charge in [0.05, 0.1) is 6.54 Å². The zero-order chi connectivity index (χ0) is 13.6. The number of thioether (sulfide) groups is 1. The highest BCUT2D eigenvalue weighted by molar-refractivity contribution is 7.99. The average Bonchev–Trinajstić information content (AvgIpc) is 2.24. The van der Waals surface area contributed by atoms with E-state index in [0.29, 0.717) is 12.5 Å². The van der Waals surface area contributed by atoms with E-state index in [1.807, 2.05) is 24.3 Å². The van der Waals surface area contributed by atoms with E-state index in [1.165, 1.54) is 4.90 Å². The fourth-order valence-corrected chi connectivity index (χ4v) is 2.16. The molecule has 0 aliphatic heterocycles. The molecule has 5 heteroatoms. The highest BCUT2D eigenvalue weighted by Gasteiger charge is 2.09. The molecule has 0 saturated heterocycles. The number of rotatable bonds is 4. The van der Waals surface area contributed by atoms with Crippen LogP contribution in [-0.4, -0.2) is 23.8 Å². The summed E-state index contributed by atoms with van der Waals surface area (Å²) in [7, 11) is 0. The van der Waals surface area contributed by atoms with Crippen LogP contribution in [0.2, 0.25) is 5.02 Å². The molecule has 0 saturated carbocycles. The van der Waals surface area contributed by atoms with Crippen molar-refractivity contribution in [3.8, 4) is 0 Å². The first-order valence-corrected chi connectivity index (χ1v) is 7.20. The Hall–Kier alpha value is -0.870. The van der Waals surface area contributed by atoms with Gasteiger partial charge in [0.15, 0.2) is 5.96 Å². The van der Waals surface area contributed by atoms with Gasteiger partial charge >= 0.3 is 0 Å². The lowest BCUT2D eigenvalue weighted by molar-refractivity contribution is 0.508. The van der Waals surface area contributed by atoms with Crippen molar-refractivity contribution < 1.29 is 0 Å². The number of hydrogen-bond acceptors (Lipinski definition) is 2. The first-order valence-electron chi connectivity index (χ1n) is 5.83. The molecule has 0 heterocycles. The lowest BCUT2D eigenvalue weighted by atomic mass is 10.1. The Morgan fingerprint density at radius 1 is 1.33 bits per heavy atom. The van der Waals surface area contributed by atoms with Crippen molar-refractivity contribution in [1.82, 2.24) is 5.32 Å². The van der Waals surface area contributed by atoms with Gasteiger partial charge in [0.2, 0.25) is 0 Å². The second-order valence-electron chi connectivity index (χ2n) is 4.94. The second-order valence-corrected chi connectivity index (χ2v) is 6.55. The van der Waals surface area contributed by atoms with E-state index in [9.17, 15) is 0 Å². The van der Waals surface area contributed by atoms with Crippen LogP contribution >= 0.6 is 23.4 Å². The van der Waals surface area contributed by atoms with Gasteiger partial charge in [-0.05, 0) is 45.0 Å². The Balaban J connectivity index is 2.30. The number of nitrogens with one attached hydrogen (secondary N) is 1. The standard InChI is InChI=1S/C13H20ClN3S/c1-13(2,3)17-12(15)16-8-9-18-11-6-4-10(14)5-7-11/h4-7H,8-9H2,1-3H3,(H3,15,16,17). The zero-order valence-corrected chi connectivity index (χ0v) is 12.6. The number of benzene rings is 1. The van der Waals surface area contributed by atoms with E-state index in [2.05, 4.69) is 31.1 Å². The lowest BCUT2D eigenvalue weighted by Crippen LogP contribution is -2.45. The average molecular weight is 286 g/mol. The summed E-state index contributed by atoms with van der Waals surface area (Å²) in [5.41, 5.74) is 5.73. The molecule has 0 aromatic heterocycles. The maximum Gasteiger partial charge on any atom is 0.189 e. The molecule has 0 radical (unpaired) electrons. The van der Waals surface area contributed by atoms with E-state index in [-0.39, 0.29) is 5.54 Å². The normalized spacial score (nSPS) is 12.6. The number of hydrogen-bond donors (Lipinski definition) is 2. The highest BCUT2D eigenvalue weighted by Crippen LogP contribution is 2.19. The van der Waals surface area contributed by atoms with Crippen molar-refractivity contribution in [1.29, 1.82) is 0 Å². The molecule has 0 spiro atoms. The molecule has 0 fully saturated rings. The van der Waals surface area contributed by atoms with Crippen LogP contribution in [0.5, 0.6) is 0 Å². The lowest BCUT2D eigenvalue weighted by Gasteiger charge is -2.20. The minimum Gasteiger partial charge on any atom is -0.370 e. The summed E-state index contributed by atoms with van der Waals surface area (Å²) < 4.78 is 0. The largest absolute Gasteiger partial charge is 0.370 e. The van der Waals surface area contributed by atoms with Crippen LogP contribution in [0.25, 0.3) is 0 Å². The van der Waals surface area contributed by atoms with Crippen LogP contribution in [0.15, 0.2) is 34.2 Å². The fraction of sp³-hybridized carbons (Fsp3) is 0.462. The molecule has 18 heavy (non-hydrogen) atoms. The number of halogens is 1. The second kappa shape index (κ2) is 6.90. The van der Waals surface area contributed by atoms with Crippen LogP contribution in [-0.2, 0) is 0 Å². The van der Waals surface area contributed by atoms with Crippen LogP contribution in [0.4, 0.5) is 0 Å². The third-order valence-electron chi connectivity index (χ3n) is 1.96. The predicted octanol–water partition coefficient (Wildman–Crippen LogP) is 3.13. The van der Waals surface area contributed by atoms with Crippen molar-refractivity contribution in [3.63, 3.8) is 0 Å². The molecule has 0 aliphatic carbocycles. The summed E-state index contributed by atoms with van der Waals surface area (Å²) in [6.45, 7) is 6.86. The third kappa shape index (κ3) is 6.77. The molecule has 0 aliphatic rings. The molecule has 0 bridgehead atoms. The van der Waals surface area contributed by atoms with Gasteiger partial charge in [-0.15, -0.1) is 11.8 Å². The summed E-state index contributed by atoms with van der Waals surface area (Å²) in [4.78, 5) is 5.47. The Kier molecular flexibility index (Phi) is 5.82. The molecular weight excluding hydrogens is 266 g/mol. The quantitative estimate of drug-likeness (QED) is 0.387. The van der Waals surface area contributed by atoms with E-state index in [0.717, 1.165) is 10.8 Å². The van der Waals surface area contributed by atoms with Crippen molar-refractivity contribution in [2.24, 2.45) is 10.7 Å². The minimum absolute atomic E-state index is 0.0447. The number of guanidine groups is 1. The molecule has 100 valence electrons. The maximum absolute atomic E-state index is 5.82. The molecule has 3 N–H and O–H groups in total. The first-order chi connectivity index (χ1) is 8.37. The molecule has 0 atom stereocenters. The zero-order valence-electron chi connectivity index (χ0n) is 11.0. The van der Waals surface area contributed by atoms with E-state index >= 15 is 0 Å². The van der Waals surface area contributed by atoms with Gasteiger partial charge < -0.3 is 11.1 Å². The number of nitrogens with two attached hydrogens (primary N) is 1. The summed E-state index contributed by atoms with van der Waals surface area (Å²) >= 11 is 7.56. The smallest absolute Gasteiger partial charge is 0.189 e. The highest BCUT2D eigenvalue weighted by atomic mass is 35.5. The third-order valence-corrected chi connectivity index (χ3v) is 3.20. The maximum atomic E-state index is 5.82. The fourth-order valence-electron chi connectivity index (χ4n) is 1.28. The Bertz CT molecular complexity index is 396. The van der Waals surface area contributed by atoms with Crippen molar-refractivity contribution in [2.45, 2.75) is 31.2 Å². The number of nitrogens with zero attached hydrogens (tertiary/aromatic N) is 1. The molecule has 1 aromatic rings. The minimum atomic E-state index is -0.0447. The van der Waals surface area contributed by atoms with Gasteiger partial charge in [-0.1, -0.05) is 11.6 Å². The van der Waals surface area contributed by atoms with Gasteiger partial charge in [0.25, 0.3) is 0 Å². The van der Waals surface area contributed by atoms with Gasteiger partial charge in [-0.25, -0.2) is 0 Å². The van der Waals surface area contributed by atoms with Gasteiger partial charge in [-0.2, -0.15) is 0 Å². The van der Waals surface area contributed by atoms with Gasteiger partial charge in [-0.3, -0.25) is 4.99 Å². The Labute approximate surface area is 118 Å². The molecule has 0 unspecified atom stereocenters. The van der Waals surface area contributed by atoms with Crippen molar-refractivity contribution in [2.75, 3.05) is 12.3 Å². The topological polar surface area (TPSA) is 50.4 Å². The summed E-state index contributed by atoms with van der Waals surface area (Å²) in [6, 6.07) is 7.80. The van der Waals surface area contributed by atoms with Gasteiger partial charge in [0, 0.05) is 21.2 Å². The van der Waals surface area contributed by atoms with Crippen LogP contribution in [0.1, 0.15) is 20.8 Å². The van der Waals surface area contributed by atoms with E-state index in [4.69, 9.17) is 17.3 Å². The first kappa shape index (κ1) is 15.2. The monoisotopic (exact) mass is 285 g/mol. The summed E-state index contributed by atoms with van der Waals surface area (Å²) in [5, 5.41) is 3.89. The Morgan fingerprint density at radius 3 is 2.50 bits per heavy atom. The van der Waals surface area contributed by atoms with Crippen molar-refractivity contribution >= 4 is 29.3 Å². The molecule has 0 amide bonds. The van der Waals surface area contributed by atoms with Crippen LogP contribution in [0, 0.1) is 0 Å². The van der Waals surface area contributed by atoms with Crippen molar-refractivity contribution in [3.05, 3.63) is 29.3 Å². The van der Waals surface area contributed by atoms with E-state index in [1.54, 1.807) is 11.8 Å². The van der Waals surface area contributed by atoms with E-state index < -0.39 is 0 Å². The van der Waals surface area contributed by atoms with Crippen LogP contribution in [0.3, 0.4) is 0 Å². The predicted molar refractivity (Wildman–Crippen MR) is 81.6 cm³/mol. The molecule has 1 rings (SSSR count). The molecular formula is C13H20ClN3S. The summed E-state index contributed by atoms with van der Waals surface area (Å²) in [5.74, 6) is 1.40. The Morgan fingerprint density at radius 2 is 1.94 bits per heavy atom. The van der Waals surface area contributed by atoms with Gasteiger partial charge in [0.1, 0.15) is 0 Å². The summed E-state index contributed by atoms with van der Waals surface area (Å²) in [6.07, 6.45) is 0.